The van der Waals surface area contributed by atoms with Crippen molar-refractivity contribution in [3.63, 3.8) is 0 Å². The van der Waals surface area contributed by atoms with Gasteiger partial charge in [-0.05, 0) is 29.8 Å². The van der Waals surface area contributed by atoms with Crippen LogP contribution in [0.1, 0.15) is 5.56 Å². The zero-order chi connectivity index (χ0) is 12.4. The molecule has 0 radical (unpaired) electrons. The average Bonchev–Trinajstić information content (AvgIpc) is 2.87. The monoisotopic (exact) mass is 301 g/mol. The van der Waals surface area contributed by atoms with Gasteiger partial charge in [0.05, 0.1) is 17.5 Å². The second-order valence-corrected chi connectivity index (χ2v) is 5.00. The van der Waals surface area contributed by atoms with Crippen LogP contribution in [0, 0.1) is 0 Å². The summed E-state index contributed by atoms with van der Waals surface area (Å²) in [5.41, 5.74) is 4.33. The lowest BCUT2D eigenvalue weighted by atomic mass is 10.2. The zero-order valence-electron chi connectivity index (χ0n) is 9.65. The van der Waals surface area contributed by atoms with Gasteiger partial charge in [-0.15, -0.1) is 0 Å². The fourth-order valence-electron chi connectivity index (χ4n) is 1.91. The highest BCUT2D eigenvalue weighted by atomic mass is 79.9. The van der Waals surface area contributed by atoms with E-state index in [1.807, 2.05) is 30.3 Å². The van der Waals surface area contributed by atoms with Crippen LogP contribution < -0.4 is 5.32 Å². The molecule has 0 bridgehead atoms. The molecule has 18 heavy (non-hydrogen) atoms. The smallest absolute Gasteiger partial charge is 0.111 e. The van der Waals surface area contributed by atoms with Gasteiger partial charge < -0.3 is 10.3 Å². The molecule has 0 saturated carbocycles. The number of rotatable bonds is 3. The highest BCUT2D eigenvalue weighted by Gasteiger charge is 2.02. The number of anilines is 1. The highest BCUT2D eigenvalue weighted by molar-refractivity contribution is 9.10. The molecule has 1 aromatic heterocycles. The summed E-state index contributed by atoms with van der Waals surface area (Å²) in [6.45, 7) is 0.791. The summed E-state index contributed by atoms with van der Waals surface area (Å²) in [6.07, 6.45) is 1.72. The maximum atomic E-state index is 4.32. The number of H-pyrrole nitrogens is 1. The molecule has 2 N–H and O–H groups in total. The zero-order valence-corrected chi connectivity index (χ0v) is 11.2. The minimum Gasteiger partial charge on any atom is -0.379 e. The van der Waals surface area contributed by atoms with E-state index in [1.165, 1.54) is 5.56 Å². The van der Waals surface area contributed by atoms with Gasteiger partial charge in [0, 0.05) is 11.0 Å². The Morgan fingerprint density at radius 2 is 1.94 bits per heavy atom. The molecule has 90 valence electrons. The number of para-hydroxylation sites is 1. The van der Waals surface area contributed by atoms with Crippen molar-refractivity contribution in [1.82, 2.24) is 9.97 Å². The first-order valence-electron chi connectivity index (χ1n) is 5.73. The number of aromatic nitrogens is 2. The van der Waals surface area contributed by atoms with Crippen molar-refractivity contribution in [1.29, 1.82) is 0 Å². The van der Waals surface area contributed by atoms with Crippen LogP contribution in [-0.4, -0.2) is 9.97 Å². The number of nitrogens with zero attached hydrogens (tertiary/aromatic N) is 1. The van der Waals surface area contributed by atoms with Gasteiger partial charge in [0.2, 0.25) is 0 Å². The third-order valence-electron chi connectivity index (χ3n) is 2.85. The Labute approximate surface area is 113 Å². The third-order valence-corrected chi connectivity index (χ3v) is 3.37. The SMILES string of the molecule is Brc1ccc(CNc2cccc3[nH]cnc23)cc1. The maximum Gasteiger partial charge on any atom is 0.111 e. The number of hydrogen-bond acceptors (Lipinski definition) is 2. The van der Waals surface area contributed by atoms with Crippen LogP contribution in [0.25, 0.3) is 11.0 Å². The lowest BCUT2D eigenvalue weighted by molar-refractivity contribution is 1.15. The molecule has 0 aliphatic carbocycles. The Kier molecular flexibility index (Phi) is 3.02. The van der Waals surface area contributed by atoms with E-state index in [0.29, 0.717) is 0 Å². The van der Waals surface area contributed by atoms with Gasteiger partial charge in [0.15, 0.2) is 0 Å². The molecule has 3 rings (SSSR count). The minimum absolute atomic E-state index is 0.791. The van der Waals surface area contributed by atoms with E-state index in [9.17, 15) is 0 Å². The van der Waals surface area contributed by atoms with Crippen LogP contribution >= 0.6 is 15.9 Å². The van der Waals surface area contributed by atoms with Crippen molar-refractivity contribution < 1.29 is 0 Å². The Balaban J connectivity index is 1.80. The molecular formula is C14H12BrN3. The first-order chi connectivity index (χ1) is 8.83. The quantitative estimate of drug-likeness (QED) is 0.769. The number of aromatic amines is 1. The standard InChI is InChI=1S/C14H12BrN3/c15-11-6-4-10(5-7-11)8-16-12-2-1-3-13-14(12)18-9-17-13/h1-7,9,16H,8H2,(H,17,18). The second kappa shape index (κ2) is 4.82. The van der Waals surface area contributed by atoms with Crippen LogP contribution in [0.5, 0.6) is 0 Å². The van der Waals surface area contributed by atoms with E-state index in [-0.39, 0.29) is 0 Å². The Hall–Kier alpha value is -1.81. The number of imidazole rings is 1. The van der Waals surface area contributed by atoms with E-state index in [1.54, 1.807) is 6.33 Å². The molecule has 4 heteroatoms. The molecule has 0 aliphatic rings. The summed E-state index contributed by atoms with van der Waals surface area (Å²) in [6, 6.07) is 14.4. The van der Waals surface area contributed by atoms with Gasteiger partial charge in [-0.2, -0.15) is 0 Å². The number of halogens is 1. The molecule has 0 atom stereocenters. The Morgan fingerprint density at radius 3 is 2.78 bits per heavy atom. The van der Waals surface area contributed by atoms with Gasteiger partial charge in [0.25, 0.3) is 0 Å². The van der Waals surface area contributed by atoms with E-state index in [4.69, 9.17) is 0 Å². The number of benzene rings is 2. The molecular weight excluding hydrogens is 290 g/mol. The van der Waals surface area contributed by atoms with Crippen molar-refractivity contribution in [3.8, 4) is 0 Å². The third kappa shape index (κ3) is 2.24. The number of fused-ring (bicyclic) bond motifs is 1. The van der Waals surface area contributed by atoms with Crippen LogP contribution in [0.3, 0.4) is 0 Å². The number of nitrogens with one attached hydrogen (secondary N) is 2. The molecule has 0 spiro atoms. The molecule has 0 unspecified atom stereocenters. The lowest BCUT2D eigenvalue weighted by Gasteiger charge is -2.07. The van der Waals surface area contributed by atoms with Crippen LogP contribution in [-0.2, 0) is 6.54 Å². The summed E-state index contributed by atoms with van der Waals surface area (Å²) in [5.74, 6) is 0. The van der Waals surface area contributed by atoms with Crippen molar-refractivity contribution >= 4 is 32.7 Å². The van der Waals surface area contributed by atoms with E-state index < -0.39 is 0 Å². The van der Waals surface area contributed by atoms with Gasteiger partial charge in [-0.1, -0.05) is 34.1 Å². The first kappa shape index (κ1) is 11.3. The van der Waals surface area contributed by atoms with E-state index in [0.717, 1.165) is 27.7 Å². The van der Waals surface area contributed by atoms with Gasteiger partial charge in [0.1, 0.15) is 5.52 Å². The maximum absolute atomic E-state index is 4.32. The normalized spacial score (nSPS) is 10.7. The summed E-state index contributed by atoms with van der Waals surface area (Å²) < 4.78 is 1.10. The van der Waals surface area contributed by atoms with Crippen LogP contribution in [0.2, 0.25) is 0 Å². The largest absolute Gasteiger partial charge is 0.379 e. The van der Waals surface area contributed by atoms with Crippen molar-refractivity contribution in [3.05, 3.63) is 58.8 Å². The van der Waals surface area contributed by atoms with Crippen molar-refractivity contribution in [2.24, 2.45) is 0 Å². The number of hydrogen-bond donors (Lipinski definition) is 2. The van der Waals surface area contributed by atoms with Crippen molar-refractivity contribution in [2.75, 3.05) is 5.32 Å². The summed E-state index contributed by atoms with van der Waals surface area (Å²) in [4.78, 5) is 7.43. The fourth-order valence-corrected chi connectivity index (χ4v) is 2.17. The molecule has 0 fully saturated rings. The lowest BCUT2D eigenvalue weighted by Crippen LogP contribution is -1.99. The first-order valence-corrected chi connectivity index (χ1v) is 6.52. The van der Waals surface area contributed by atoms with Gasteiger partial charge in [-0.3, -0.25) is 0 Å². The Bertz CT molecular complexity index is 658. The topological polar surface area (TPSA) is 40.7 Å². The van der Waals surface area contributed by atoms with Gasteiger partial charge >= 0.3 is 0 Å². The molecule has 1 heterocycles. The van der Waals surface area contributed by atoms with E-state index >= 15 is 0 Å². The Morgan fingerprint density at radius 1 is 1.11 bits per heavy atom. The summed E-state index contributed by atoms with van der Waals surface area (Å²) >= 11 is 3.43. The minimum atomic E-state index is 0.791. The molecule has 0 amide bonds. The predicted molar refractivity (Wildman–Crippen MR) is 77.6 cm³/mol. The van der Waals surface area contributed by atoms with Crippen LogP contribution in [0.15, 0.2) is 53.3 Å². The molecule has 3 aromatic rings. The molecule has 2 aromatic carbocycles. The second-order valence-electron chi connectivity index (χ2n) is 4.08. The molecule has 3 nitrogen and oxygen atoms in total. The summed E-state index contributed by atoms with van der Waals surface area (Å²) in [5, 5.41) is 3.41. The highest BCUT2D eigenvalue weighted by Crippen LogP contribution is 2.20. The van der Waals surface area contributed by atoms with Crippen LogP contribution in [0.4, 0.5) is 5.69 Å². The van der Waals surface area contributed by atoms with Gasteiger partial charge in [-0.25, -0.2) is 4.98 Å². The average molecular weight is 302 g/mol. The fraction of sp³-hybridized carbons (Fsp3) is 0.0714. The summed E-state index contributed by atoms with van der Waals surface area (Å²) in [7, 11) is 0. The predicted octanol–water partition coefficient (Wildman–Crippen LogP) is 3.94. The molecule has 0 aliphatic heterocycles. The van der Waals surface area contributed by atoms with E-state index in [2.05, 4.69) is 43.3 Å². The molecule has 0 saturated heterocycles. The van der Waals surface area contributed by atoms with Crippen molar-refractivity contribution in [2.45, 2.75) is 6.54 Å².